The zero-order valence-electron chi connectivity index (χ0n) is 42.6. The fourth-order valence-corrected chi connectivity index (χ4v) is 8.93. The third kappa shape index (κ3) is 49.9. The van der Waals surface area contributed by atoms with Crippen molar-refractivity contribution in [3.8, 4) is 0 Å². The average molecular weight is 891 g/mol. The van der Waals surface area contributed by atoms with Crippen LogP contribution in [0.4, 0.5) is 0 Å². The van der Waals surface area contributed by atoms with Crippen molar-refractivity contribution in [1.82, 2.24) is 5.32 Å². The van der Waals surface area contributed by atoms with Crippen LogP contribution in [0.15, 0.2) is 12.2 Å². The third-order valence-electron chi connectivity index (χ3n) is 13.3. The summed E-state index contributed by atoms with van der Waals surface area (Å²) in [4.78, 5) is 24.5. The van der Waals surface area contributed by atoms with E-state index in [4.69, 9.17) is 4.74 Å². The van der Waals surface area contributed by atoms with Crippen LogP contribution in [-0.2, 0) is 14.3 Å². The Hall–Kier alpha value is -1.40. The Morgan fingerprint density at radius 2 is 0.746 bits per heavy atom. The summed E-state index contributed by atoms with van der Waals surface area (Å²) in [6, 6.07) is -0.544. The van der Waals surface area contributed by atoms with Gasteiger partial charge in [-0.05, 0) is 51.4 Å². The molecule has 0 radical (unpaired) electrons. The summed E-state index contributed by atoms with van der Waals surface area (Å²) in [5.41, 5.74) is 0. The number of hydrogen-bond donors (Lipinski definition) is 3. The zero-order valence-corrected chi connectivity index (χ0v) is 42.6. The number of amides is 1. The van der Waals surface area contributed by atoms with Crippen molar-refractivity contribution in [2.75, 3.05) is 13.2 Å². The lowest BCUT2D eigenvalue weighted by Crippen LogP contribution is -2.45. The van der Waals surface area contributed by atoms with E-state index >= 15 is 0 Å². The molecule has 1 amide bonds. The Balaban J connectivity index is 3.41. The van der Waals surface area contributed by atoms with E-state index in [9.17, 15) is 19.8 Å². The number of unbranched alkanes of at least 4 members (excludes halogenated alkanes) is 40. The molecule has 0 spiro atoms. The van der Waals surface area contributed by atoms with Gasteiger partial charge in [0.2, 0.25) is 5.91 Å². The molecule has 6 heteroatoms. The van der Waals surface area contributed by atoms with Gasteiger partial charge in [-0.3, -0.25) is 9.59 Å². The molecule has 0 saturated carbocycles. The number of allylic oxidation sites excluding steroid dienone is 2. The first-order valence-corrected chi connectivity index (χ1v) is 28.4. The number of aliphatic hydroxyl groups excluding tert-OH is 2. The Morgan fingerprint density at radius 3 is 1.13 bits per heavy atom. The van der Waals surface area contributed by atoms with Crippen molar-refractivity contribution < 1.29 is 24.5 Å². The second-order valence-corrected chi connectivity index (χ2v) is 19.6. The van der Waals surface area contributed by atoms with Crippen molar-refractivity contribution in [2.45, 2.75) is 328 Å². The van der Waals surface area contributed by atoms with E-state index < -0.39 is 12.1 Å². The van der Waals surface area contributed by atoms with Crippen molar-refractivity contribution >= 4 is 11.9 Å². The summed E-state index contributed by atoms with van der Waals surface area (Å²) in [6.45, 7) is 4.94. The van der Waals surface area contributed by atoms with Gasteiger partial charge in [0, 0.05) is 12.8 Å². The summed E-state index contributed by atoms with van der Waals surface area (Å²) in [7, 11) is 0. The first kappa shape index (κ1) is 61.6. The molecule has 0 saturated heterocycles. The predicted octanol–water partition coefficient (Wildman–Crippen LogP) is 17.3. The van der Waals surface area contributed by atoms with E-state index in [2.05, 4.69) is 31.3 Å². The normalized spacial score (nSPS) is 12.6. The molecule has 2 unspecified atom stereocenters. The van der Waals surface area contributed by atoms with Crippen LogP contribution < -0.4 is 5.32 Å². The van der Waals surface area contributed by atoms with Crippen LogP contribution in [0.2, 0.25) is 0 Å². The lowest BCUT2D eigenvalue weighted by molar-refractivity contribution is -0.143. The summed E-state index contributed by atoms with van der Waals surface area (Å²) in [5.74, 6) is -0.0412. The Kier molecular flexibility index (Phi) is 52.0. The maximum atomic E-state index is 12.5. The van der Waals surface area contributed by atoms with Gasteiger partial charge < -0.3 is 20.3 Å². The minimum Gasteiger partial charge on any atom is -0.466 e. The number of rotatable bonds is 53. The minimum atomic E-state index is -0.667. The Morgan fingerprint density at radius 1 is 0.429 bits per heavy atom. The average Bonchev–Trinajstić information content (AvgIpc) is 3.28. The molecule has 0 heterocycles. The second-order valence-electron chi connectivity index (χ2n) is 19.6. The van der Waals surface area contributed by atoms with Crippen LogP contribution in [0.3, 0.4) is 0 Å². The lowest BCUT2D eigenvalue weighted by atomic mass is 10.0. The van der Waals surface area contributed by atoms with Crippen LogP contribution in [0.5, 0.6) is 0 Å². The molecule has 0 bridgehead atoms. The van der Waals surface area contributed by atoms with Crippen molar-refractivity contribution in [3.63, 3.8) is 0 Å². The third-order valence-corrected chi connectivity index (χ3v) is 13.3. The first-order chi connectivity index (χ1) is 31.0. The summed E-state index contributed by atoms with van der Waals surface area (Å²) < 4.78 is 5.47. The lowest BCUT2D eigenvalue weighted by Gasteiger charge is -2.22. The molecule has 0 rings (SSSR count). The van der Waals surface area contributed by atoms with E-state index in [1.165, 1.54) is 238 Å². The van der Waals surface area contributed by atoms with Gasteiger partial charge in [-0.1, -0.05) is 264 Å². The smallest absolute Gasteiger partial charge is 0.305 e. The van der Waals surface area contributed by atoms with Crippen molar-refractivity contribution in [2.24, 2.45) is 0 Å². The van der Waals surface area contributed by atoms with Gasteiger partial charge >= 0.3 is 5.97 Å². The summed E-state index contributed by atoms with van der Waals surface area (Å²) in [5, 5.41) is 23.3. The summed E-state index contributed by atoms with van der Waals surface area (Å²) >= 11 is 0. The molecule has 0 aromatic carbocycles. The first-order valence-electron chi connectivity index (χ1n) is 28.4. The number of carbonyl (C=O) groups is 2. The second kappa shape index (κ2) is 53.2. The van der Waals surface area contributed by atoms with E-state index in [0.29, 0.717) is 25.9 Å². The minimum absolute atomic E-state index is 0.00263. The highest BCUT2D eigenvalue weighted by molar-refractivity contribution is 5.76. The maximum Gasteiger partial charge on any atom is 0.305 e. The Labute approximate surface area is 393 Å². The molecule has 3 N–H and O–H groups in total. The number of ether oxygens (including phenoxy) is 1. The topological polar surface area (TPSA) is 95.9 Å². The highest BCUT2D eigenvalue weighted by atomic mass is 16.5. The van der Waals surface area contributed by atoms with Crippen LogP contribution in [0.1, 0.15) is 316 Å². The molecular formula is C57H111NO5. The van der Waals surface area contributed by atoms with Gasteiger partial charge in [0.05, 0.1) is 25.4 Å². The highest BCUT2D eigenvalue weighted by Crippen LogP contribution is 2.17. The fraction of sp³-hybridized carbons (Fsp3) is 0.930. The van der Waals surface area contributed by atoms with Crippen LogP contribution >= 0.6 is 0 Å². The Bertz CT molecular complexity index is 939. The van der Waals surface area contributed by atoms with Crippen molar-refractivity contribution in [1.29, 1.82) is 0 Å². The van der Waals surface area contributed by atoms with E-state index in [0.717, 1.165) is 44.9 Å². The molecule has 0 aliphatic heterocycles. The molecular weight excluding hydrogens is 779 g/mol. The number of carbonyl (C=O) groups excluding carboxylic acids is 2. The van der Waals surface area contributed by atoms with E-state index in [1.807, 2.05) is 0 Å². The number of aliphatic hydroxyl groups is 2. The zero-order chi connectivity index (χ0) is 45.8. The number of nitrogens with one attached hydrogen (secondary N) is 1. The van der Waals surface area contributed by atoms with Gasteiger partial charge in [-0.15, -0.1) is 0 Å². The monoisotopic (exact) mass is 890 g/mol. The van der Waals surface area contributed by atoms with Gasteiger partial charge in [-0.25, -0.2) is 0 Å². The standard InChI is InChI=1S/C57H111NO5/c1-3-5-7-9-11-13-15-17-22-25-29-33-37-41-45-49-55(60)54(53-59)58-56(61)50-46-42-38-34-30-26-23-20-19-21-24-28-32-36-40-44-48-52-63-57(62)51-47-43-39-35-31-27-18-16-14-12-10-8-6-4-2/h16,18,54-55,59-60H,3-15,17,19-53H2,1-2H3,(H,58,61)/b18-16-. The van der Waals surface area contributed by atoms with Crippen LogP contribution in [-0.4, -0.2) is 47.4 Å². The molecule has 63 heavy (non-hydrogen) atoms. The van der Waals surface area contributed by atoms with Crippen LogP contribution in [0.25, 0.3) is 0 Å². The molecule has 0 aliphatic carbocycles. The largest absolute Gasteiger partial charge is 0.466 e. The van der Waals surface area contributed by atoms with Gasteiger partial charge in [0.25, 0.3) is 0 Å². The predicted molar refractivity (Wildman–Crippen MR) is 273 cm³/mol. The van der Waals surface area contributed by atoms with E-state index in [1.54, 1.807) is 0 Å². The molecule has 6 nitrogen and oxygen atoms in total. The van der Waals surface area contributed by atoms with Crippen LogP contribution in [0, 0.1) is 0 Å². The number of hydrogen-bond acceptors (Lipinski definition) is 5. The SMILES string of the molecule is CCCCCCC/C=C\CCCCCCCC(=O)OCCCCCCCCCCCCCCCCCCCC(=O)NC(CO)C(O)CCCCCCCCCCCCCCCCC. The van der Waals surface area contributed by atoms with Gasteiger partial charge in [-0.2, -0.15) is 0 Å². The van der Waals surface area contributed by atoms with Crippen molar-refractivity contribution in [3.05, 3.63) is 12.2 Å². The highest BCUT2D eigenvalue weighted by Gasteiger charge is 2.20. The molecule has 0 aromatic rings. The molecule has 374 valence electrons. The maximum absolute atomic E-state index is 12.5. The van der Waals surface area contributed by atoms with Gasteiger partial charge in [0.15, 0.2) is 0 Å². The fourth-order valence-electron chi connectivity index (χ4n) is 8.93. The molecule has 0 fully saturated rings. The van der Waals surface area contributed by atoms with E-state index in [-0.39, 0.29) is 18.5 Å². The summed E-state index contributed by atoms with van der Waals surface area (Å²) in [6.07, 6.45) is 61.9. The quantitative estimate of drug-likeness (QED) is 0.0321. The molecule has 0 aromatic heterocycles. The molecule has 2 atom stereocenters. The van der Waals surface area contributed by atoms with Gasteiger partial charge in [0.1, 0.15) is 0 Å². The number of esters is 1. The molecule has 0 aliphatic rings.